The van der Waals surface area contributed by atoms with Gasteiger partial charge in [-0.1, -0.05) is 39.8 Å². The Hall–Kier alpha value is -1.52. The van der Waals surface area contributed by atoms with Crippen LogP contribution < -0.4 is 10.2 Å². The third-order valence-electron chi connectivity index (χ3n) is 4.24. The standard InChI is InChI=1S/C23H35N3S2/c1-6-8-21(15-16-24-2)9-10-22-11-13-23(14-12-22)26(4)18-7-17-25(3)19-20-28-27-5/h6,9-16,24H,7,17-20H2,1-5H3/b10-9+,16-15-. The van der Waals surface area contributed by atoms with E-state index in [-0.39, 0.29) is 0 Å². The molecule has 0 unspecified atom stereocenters. The minimum Gasteiger partial charge on any atom is -0.394 e. The van der Waals surface area contributed by atoms with Crippen LogP contribution in [0.2, 0.25) is 0 Å². The van der Waals surface area contributed by atoms with Crippen LogP contribution in [-0.2, 0) is 0 Å². The van der Waals surface area contributed by atoms with Crippen molar-refractivity contribution in [3.05, 3.63) is 65.6 Å². The highest BCUT2D eigenvalue weighted by Gasteiger charge is 2.03. The van der Waals surface area contributed by atoms with Gasteiger partial charge in [0, 0.05) is 44.2 Å². The number of nitrogens with one attached hydrogen (secondary N) is 1. The van der Waals surface area contributed by atoms with Crippen LogP contribution in [0.5, 0.6) is 0 Å². The zero-order valence-electron chi connectivity index (χ0n) is 17.9. The highest BCUT2D eigenvalue weighted by atomic mass is 33.1. The molecule has 0 amide bonds. The minimum atomic E-state index is 1.04. The fourth-order valence-corrected chi connectivity index (χ4v) is 3.89. The SMILES string of the molecule is CC=C=C(/C=C\NC)/C=C/c1ccc(N(C)CCCN(C)CCSSC)cc1. The van der Waals surface area contributed by atoms with Gasteiger partial charge in [0.2, 0.25) is 0 Å². The smallest absolute Gasteiger partial charge is 0.0364 e. The summed E-state index contributed by atoms with van der Waals surface area (Å²) < 4.78 is 0. The summed E-state index contributed by atoms with van der Waals surface area (Å²) in [5, 5.41) is 3.01. The molecule has 1 aromatic carbocycles. The Bertz CT molecular complexity index is 659. The van der Waals surface area contributed by atoms with Crippen LogP contribution in [0.1, 0.15) is 18.9 Å². The molecule has 0 saturated carbocycles. The first-order valence-electron chi connectivity index (χ1n) is 9.69. The summed E-state index contributed by atoms with van der Waals surface area (Å²) >= 11 is 0. The summed E-state index contributed by atoms with van der Waals surface area (Å²) in [7, 11) is 10.1. The molecular formula is C23H35N3S2. The van der Waals surface area contributed by atoms with Gasteiger partial charge >= 0.3 is 0 Å². The number of nitrogens with zero attached hydrogens (tertiary/aromatic N) is 2. The lowest BCUT2D eigenvalue weighted by Gasteiger charge is -2.22. The third kappa shape index (κ3) is 10.7. The number of allylic oxidation sites excluding steroid dienone is 3. The normalized spacial score (nSPS) is 11.2. The van der Waals surface area contributed by atoms with E-state index in [2.05, 4.69) is 77.6 Å². The Balaban J connectivity index is 2.51. The summed E-state index contributed by atoms with van der Waals surface area (Å²) in [6.45, 7) is 5.34. The van der Waals surface area contributed by atoms with Crippen LogP contribution in [0.4, 0.5) is 5.69 Å². The minimum absolute atomic E-state index is 1.04. The molecule has 0 aliphatic heterocycles. The van der Waals surface area contributed by atoms with Gasteiger partial charge in [-0.25, -0.2) is 0 Å². The van der Waals surface area contributed by atoms with Gasteiger partial charge in [-0.2, -0.15) is 0 Å². The maximum absolute atomic E-state index is 3.23. The van der Waals surface area contributed by atoms with E-state index in [0.717, 1.165) is 25.2 Å². The summed E-state index contributed by atoms with van der Waals surface area (Å²) in [6.07, 6.45) is 13.4. The Morgan fingerprint density at radius 1 is 1.11 bits per heavy atom. The van der Waals surface area contributed by atoms with Crippen LogP contribution in [0, 0.1) is 0 Å². The molecule has 0 aromatic heterocycles. The molecule has 0 heterocycles. The van der Waals surface area contributed by atoms with Gasteiger partial charge in [0.25, 0.3) is 0 Å². The first-order chi connectivity index (χ1) is 13.6. The predicted octanol–water partition coefficient (Wildman–Crippen LogP) is 5.30. The van der Waals surface area contributed by atoms with E-state index < -0.39 is 0 Å². The maximum Gasteiger partial charge on any atom is 0.0364 e. The van der Waals surface area contributed by atoms with Crippen LogP contribution in [0.3, 0.4) is 0 Å². The van der Waals surface area contributed by atoms with Gasteiger partial charge in [0.05, 0.1) is 0 Å². The first-order valence-corrected chi connectivity index (χ1v) is 12.4. The zero-order valence-corrected chi connectivity index (χ0v) is 19.6. The van der Waals surface area contributed by atoms with Gasteiger partial charge in [-0.05, 0) is 75.3 Å². The Morgan fingerprint density at radius 3 is 2.50 bits per heavy atom. The first kappa shape index (κ1) is 24.5. The second kappa shape index (κ2) is 15.4. The van der Waals surface area contributed by atoms with Gasteiger partial charge in [-0.15, -0.1) is 5.73 Å². The highest BCUT2D eigenvalue weighted by molar-refractivity contribution is 8.76. The van der Waals surface area contributed by atoms with E-state index in [1.807, 2.05) is 53.9 Å². The molecule has 28 heavy (non-hydrogen) atoms. The molecular weight excluding hydrogens is 382 g/mol. The largest absolute Gasteiger partial charge is 0.394 e. The predicted molar refractivity (Wildman–Crippen MR) is 132 cm³/mol. The van der Waals surface area contributed by atoms with E-state index in [1.165, 1.54) is 23.4 Å². The van der Waals surface area contributed by atoms with E-state index in [0.29, 0.717) is 0 Å². The van der Waals surface area contributed by atoms with Crippen molar-refractivity contribution in [2.45, 2.75) is 13.3 Å². The molecule has 0 aliphatic rings. The molecule has 0 fully saturated rings. The molecule has 0 bridgehead atoms. The molecule has 1 aromatic rings. The zero-order chi connectivity index (χ0) is 20.6. The van der Waals surface area contributed by atoms with E-state index in [4.69, 9.17) is 0 Å². The maximum atomic E-state index is 3.23. The van der Waals surface area contributed by atoms with Crippen molar-refractivity contribution < 1.29 is 0 Å². The quantitative estimate of drug-likeness (QED) is 0.202. The molecule has 0 aliphatic carbocycles. The van der Waals surface area contributed by atoms with E-state index in [9.17, 15) is 0 Å². The topological polar surface area (TPSA) is 18.5 Å². The van der Waals surface area contributed by atoms with Crippen LogP contribution in [0.15, 0.2) is 60.0 Å². The van der Waals surface area contributed by atoms with Crippen molar-refractivity contribution >= 4 is 33.4 Å². The second-order valence-electron chi connectivity index (χ2n) is 6.50. The molecule has 1 N–H and O–H groups in total. The number of rotatable bonds is 13. The van der Waals surface area contributed by atoms with Crippen molar-refractivity contribution in [3.8, 4) is 0 Å². The molecule has 154 valence electrons. The van der Waals surface area contributed by atoms with Gasteiger partial charge in [0.1, 0.15) is 0 Å². The molecule has 0 spiro atoms. The summed E-state index contributed by atoms with van der Waals surface area (Å²) in [5.74, 6) is 1.19. The van der Waals surface area contributed by atoms with Crippen LogP contribution in [-0.4, -0.2) is 57.7 Å². The van der Waals surface area contributed by atoms with Crippen LogP contribution in [0.25, 0.3) is 6.08 Å². The monoisotopic (exact) mass is 417 g/mol. The Labute approximate surface area is 180 Å². The summed E-state index contributed by atoms with van der Waals surface area (Å²) in [4.78, 5) is 4.75. The molecule has 0 radical (unpaired) electrons. The lowest BCUT2D eigenvalue weighted by Crippen LogP contribution is -2.26. The van der Waals surface area contributed by atoms with Gasteiger partial charge in [-0.3, -0.25) is 0 Å². The van der Waals surface area contributed by atoms with Gasteiger partial charge < -0.3 is 15.1 Å². The second-order valence-corrected chi connectivity index (χ2v) is 9.19. The fraction of sp³-hybridized carbons (Fsp3) is 0.435. The lowest BCUT2D eigenvalue weighted by molar-refractivity contribution is 0.352. The fourth-order valence-electron chi connectivity index (χ4n) is 2.61. The number of anilines is 1. The summed E-state index contributed by atoms with van der Waals surface area (Å²) in [5.41, 5.74) is 6.72. The molecule has 5 heteroatoms. The lowest BCUT2D eigenvalue weighted by atomic mass is 10.1. The van der Waals surface area contributed by atoms with E-state index in [1.54, 1.807) is 0 Å². The Kier molecular flexibility index (Phi) is 13.5. The number of hydrogen-bond donors (Lipinski definition) is 1. The van der Waals surface area contributed by atoms with Crippen molar-refractivity contribution in [2.75, 3.05) is 57.7 Å². The molecule has 0 atom stereocenters. The number of hydrogen-bond acceptors (Lipinski definition) is 5. The summed E-state index contributed by atoms with van der Waals surface area (Å²) in [6, 6.07) is 8.73. The molecule has 1 rings (SSSR count). The average Bonchev–Trinajstić information content (AvgIpc) is 2.70. The van der Waals surface area contributed by atoms with Gasteiger partial charge in [0.15, 0.2) is 0 Å². The third-order valence-corrected chi connectivity index (χ3v) is 6.03. The molecule has 0 saturated heterocycles. The van der Waals surface area contributed by atoms with Crippen molar-refractivity contribution in [3.63, 3.8) is 0 Å². The number of benzene rings is 1. The highest BCUT2D eigenvalue weighted by Crippen LogP contribution is 2.17. The van der Waals surface area contributed by atoms with Crippen LogP contribution >= 0.6 is 21.6 Å². The van der Waals surface area contributed by atoms with Crippen molar-refractivity contribution in [1.82, 2.24) is 10.2 Å². The van der Waals surface area contributed by atoms with E-state index >= 15 is 0 Å². The Morgan fingerprint density at radius 2 is 1.86 bits per heavy atom. The molecule has 3 nitrogen and oxygen atoms in total. The van der Waals surface area contributed by atoms with Crippen molar-refractivity contribution in [2.24, 2.45) is 0 Å². The average molecular weight is 418 g/mol. The van der Waals surface area contributed by atoms with Crippen molar-refractivity contribution in [1.29, 1.82) is 0 Å².